The highest BCUT2D eigenvalue weighted by atomic mass is 16.4. The van der Waals surface area contributed by atoms with Gasteiger partial charge in [0.15, 0.2) is 5.76 Å². The van der Waals surface area contributed by atoms with Gasteiger partial charge in [-0.25, -0.2) is 9.97 Å². The summed E-state index contributed by atoms with van der Waals surface area (Å²) in [5.41, 5.74) is 6.84. The first kappa shape index (κ1) is 30.6. The van der Waals surface area contributed by atoms with Crippen molar-refractivity contribution in [2.45, 2.75) is 44.3 Å². The number of rotatable bonds is 8. The van der Waals surface area contributed by atoms with Gasteiger partial charge in [0.2, 0.25) is 17.7 Å². The molecule has 47 heavy (non-hydrogen) atoms. The number of oxazole rings is 1. The van der Waals surface area contributed by atoms with Gasteiger partial charge < -0.3 is 24.9 Å². The molecular weight excluding hydrogens is 590 g/mol. The van der Waals surface area contributed by atoms with Crippen LogP contribution in [-0.2, 0) is 9.59 Å². The van der Waals surface area contributed by atoms with Gasteiger partial charge in [-0.3, -0.25) is 14.5 Å². The van der Waals surface area contributed by atoms with Gasteiger partial charge in [0.1, 0.15) is 17.9 Å². The van der Waals surface area contributed by atoms with E-state index in [2.05, 4.69) is 27.2 Å². The first-order valence-corrected chi connectivity index (χ1v) is 16.1. The number of fused-ring (bicyclic) bond motifs is 1. The van der Waals surface area contributed by atoms with E-state index in [1.165, 1.54) is 0 Å². The van der Waals surface area contributed by atoms with Gasteiger partial charge in [0.05, 0.1) is 23.3 Å². The zero-order valence-electron chi connectivity index (χ0n) is 26.9. The highest BCUT2D eigenvalue weighted by Gasteiger charge is 2.39. The third-order valence-corrected chi connectivity index (χ3v) is 9.19. The number of H-pyrrole nitrogens is 1. The Morgan fingerprint density at radius 3 is 2.66 bits per heavy atom. The average molecular weight is 630 g/mol. The van der Waals surface area contributed by atoms with Gasteiger partial charge >= 0.3 is 0 Å². The van der Waals surface area contributed by atoms with Crippen LogP contribution in [0.1, 0.15) is 48.3 Å². The number of likely N-dealkylation sites (N-methyl/N-ethyl adjacent to an activating group) is 1. The molecule has 2 aliphatic heterocycles. The molecule has 0 saturated carbocycles. The minimum atomic E-state index is -0.411. The first-order valence-electron chi connectivity index (χ1n) is 16.1. The Morgan fingerprint density at radius 1 is 1.09 bits per heavy atom. The van der Waals surface area contributed by atoms with Crippen molar-refractivity contribution in [3.05, 3.63) is 102 Å². The topological polar surface area (TPSA) is 119 Å². The maximum absolute atomic E-state index is 14.0. The summed E-state index contributed by atoms with van der Waals surface area (Å²) in [6, 6.07) is 20.6. The zero-order valence-corrected chi connectivity index (χ0v) is 26.9. The Morgan fingerprint density at radius 2 is 1.89 bits per heavy atom. The summed E-state index contributed by atoms with van der Waals surface area (Å²) in [5, 5.41) is 6.31. The lowest BCUT2D eigenvalue weighted by Gasteiger charge is -2.31. The number of amides is 2. The molecular formula is C37H39N7O3. The molecule has 0 unspecified atom stereocenters. The predicted molar refractivity (Wildman–Crippen MR) is 182 cm³/mol. The fourth-order valence-electron chi connectivity index (χ4n) is 6.65. The molecule has 2 aliphatic rings. The van der Waals surface area contributed by atoms with E-state index in [1.807, 2.05) is 97.5 Å². The Kier molecular flexibility index (Phi) is 8.21. The summed E-state index contributed by atoms with van der Waals surface area (Å²) in [6.07, 6.45) is 4.26. The molecule has 2 aromatic heterocycles. The quantitative estimate of drug-likeness (QED) is 0.180. The van der Waals surface area contributed by atoms with Crippen LogP contribution in [0.15, 0.2) is 89.5 Å². The van der Waals surface area contributed by atoms with Crippen molar-refractivity contribution in [1.29, 1.82) is 0 Å². The standard InChI is InChI=1S/C37H39N7O3/c1-22-12-13-26(20-29(22)42-35(45)28-11-8-17-38-28)36-39-21-31(47-36)25-14-15-27-30(19-25)41-34(40-27)32-23(2)16-18-44(32)37(46)33(43(3)4)24-9-6-5-7-10-24/h5-7,9-10,12-15,19-21,28,32-33,38H,2,8,11,16-18H2,1,3-4H3,(H,40,41)(H,42,45)/t28-,32-,33+/m0/s1. The third-order valence-electron chi connectivity index (χ3n) is 9.19. The number of hydrogen-bond acceptors (Lipinski definition) is 7. The van der Waals surface area contributed by atoms with Crippen LogP contribution in [0.5, 0.6) is 0 Å². The number of imidazole rings is 1. The van der Waals surface area contributed by atoms with Crippen LogP contribution in [0.3, 0.4) is 0 Å². The summed E-state index contributed by atoms with van der Waals surface area (Å²) in [4.78, 5) is 43.5. The summed E-state index contributed by atoms with van der Waals surface area (Å²) < 4.78 is 6.22. The minimum absolute atomic E-state index is 0.0224. The molecule has 0 bridgehead atoms. The van der Waals surface area contributed by atoms with E-state index in [0.717, 1.165) is 70.4 Å². The van der Waals surface area contributed by atoms with Crippen molar-refractivity contribution in [1.82, 2.24) is 30.1 Å². The number of benzene rings is 3. The molecule has 0 aliphatic carbocycles. The van der Waals surface area contributed by atoms with Crippen molar-refractivity contribution >= 4 is 28.5 Å². The number of aromatic nitrogens is 3. The number of nitrogens with zero attached hydrogens (tertiary/aromatic N) is 4. The first-order chi connectivity index (χ1) is 22.8. The lowest BCUT2D eigenvalue weighted by molar-refractivity contribution is -0.137. The molecule has 0 radical (unpaired) electrons. The summed E-state index contributed by atoms with van der Waals surface area (Å²) >= 11 is 0. The summed E-state index contributed by atoms with van der Waals surface area (Å²) in [5.74, 6) is 1.76. The van der Waals surface area contributed by atoms with E-state index < -0.39 is 6.04 Å². The minimum Gasteiger partial charge on any atom is -0.436 e. The Labute approximate surface area is 273 Å². The van der Waals surface area contributed by atoms with E-state index >= 15 is 0 Å². The fraction of sp³-hybridized carbons (Fsp3) is 0.297. The fourth-order valence-corrected chi connectivity index (χ4v) is 6.65. The highest BCUT2D eigenvalue weighted by Crippen LogP contribution is 2.38. The van der Waals surface area contributed by atoms with Crippen molar-refractivity contribution in [2.75, 3.05) is 32.5 Å². The maximum Gasteiger partial charge on any atom is 0.245 e. The molecule has 10 nitrogen and oxygen atoms in total. The number of anilines is 1. The van der Waals surface area contributed by atoms with Crippen LogP contribution >= 0.6 is 0 Å². The van der Waals surface area contributed by atoms with Crippen LogP contribution in [0.4, 0.5) is 5.69 Å². The van der Waals surface area contributed by atoms with E-state index in [1.54, 1.807) is 6.20 Å². The average Bonchev–Trinajstić information content (AvgIpc) is 3.89. The Bertz CT molecular complexity index is 1960. The van der Waals surface area contributed by atoms with E-state index in [9.17, 15) is 9.59 Å². The van der Waals surface area contributed by atoms with Gasteiger partial charge in [-0.2, -0.15) is 0 Å². The molecule has 3 atom stereocenters. The second-order valence-corrected chi connectivity index (χ2v) is 12.7. The summed E-state index contributed by atoms with van der Waals surface area (Å²) in [6.45, 7) is 7.74. The van der Waals surface area contributed by atoms with Gasteiger partial charge in [-0.15, -0.1) is 0 Å². The molecule has 3 aromatic carbocycles. The Balaban J connectivity index is 1.13. The Hall–Kier alpha value is -5.06. The van der Waals surface area contributed by atoms with Crippen molar-refractivity contribution in [2.24, 2.45) is 0 Å². The lowest BCUT2D eigenvalue weighted by atomic mass is 10.0. The van der Waals surface area contributed by atoms with E-state index in [-0.39, 0.29) is 23.9 Å². The predicted octanol–water partition coefficient (Wildman–Crippen LogP) is 6.02. The lowest BCUT2D eigenvalue weighted by Crippen LogP contribution is -2.40. The molecule has 2 amide bonds. The van der Waals surface area contributed by atoms with Crippen molar-refractivity contribution in [3.63, 3.8) is 0 Å². The molecule has 2 fully saturated rings. The number of aromatic amines is 1. The van der Waals surface area contributed by atoms with Crippen LogP contribution in [0, 0.1) is 6.92 Å². The maximum atomic E-state index is 14.0. The van der Waals surface area contributed by atoms with Crippen molar-refractivity contribution < 1.29 is 14.0 Å². The number of hydrogen-bond donors (Lipinski definition) is 3. The molecule has 10 heteroatoms. The third kappa shape index (κ3) is 5.97. The van der Waals surface area contributed by atoms with Crippen LogP contribution in [0.2, 0.25) is 0 Å². The zero-order chi connectivity index (χ0) is 32.7. The van der Waals surface area contributed by atoms with Gasteiger partial charge in [-0.05, 0) is 93.9 Å². The number of nitrogens with one attached hydrogen (secondary N) is 3. The molecule has 240 valence electrons. The SMILES string of the molecule is C=C1CCN(C(=O)[C@@H](c2ccccc2)N(C)C)[C@@H]1c1nc2cc(-c3cnc(-c4ccc(C)c(NC(=O)[C@@H]5CCCN5)c4)o3)ccc2[nH]1. The molecule has 3 N–H and O–H groups in total. The second kappa shape index (κ2) is 12.6. The number of aryl methyl sites for hydroxylation is 1. The molecule has 2 saturated heterocycles. The van der Waals surface area contributed by atoms with Crippen LogP contribution < -0.4 is 10.6 Å². The van der Waals surface area contributed by atoms with Crippen LogP contribution in [-0.4, -0.2) is 69.8 Å². The smallest absolute Gasteiger partial charge is 0.245 e. The van der Waals surface area contributed by atoms with Gasteiger partial charge in [-0.1, -0.05) is 43.0 Å². The second-order valence-electron chi connectivity index (χ2n) is 12.7. The number of carbonyl (C=O) groups is 2. The number of carbonyl (C=O) groups excluding carboxylic acids is 2. The van der Waals surface area contributed by atoms with Gasteiger partial charge in [0.25, 0.3) is 0 Å². The van der Waals surface area contributed by atoms with Crippen molar-refractivity contribution in [3.8, 4) is 22.8 Å². The molecule has 7 rings (SSSR count). The van der Waals surface area contributed by atoms with E-state index in [4.69, 9.17) is 9.40 Å². The molecule has 0 spiro atoms. The number of likely N-dealkylation sites (tertiary alicyclic amines) is 1. The molecule has 5 aromatic rings. The highest BCUT2D eigenvalue weighted by molar-refractivity contribution is 5.96. The molecule has 4 heterocycles. The normalized spacial score (nSPS) is 18.7. The largest absolute Gasteiger partial charge is 0.436 e. The monoisotopic (exact) mass is 629 g/mol. The van der Waals surface area contributed by atoms with Gasteiger partial charge in [0, 0.05) is 23.4 Å². The summed E-state index contributed by atoms with van der Waals surface area (Å²) in [7, 11) is 3.86. The van der Waals surface area contributed by atoms with Crippen LogP contribution in [0.25, 0.3) is 33.8 Å². The van der Waals surface area contributed by atoms with E-state index in [0.29, 0.717) is 24.0 Å².